The Morgan fingerprint density at radius 2 is 1.86 bits per heavy atom. The first-order valence-corrected chi connectivity index (χ1v) is 8.30. The molecule has 1 fully saturated rings. The van der Waals surface area contributed by atoms with E-state index in [4.69, 9.17) is 28.9 Å². The lowest BCUT2D eigenvalue weighted by Crippen LogP contribution is -2.39. The molecule has 0 aliphatic carbocycles. The Labute approximate surface area is 141 Å². The third-order valence-corrected chi connectivity index (χ3v) is 5.46. The highest BCUT2D eigenvalue weighted by Crippen LogP contribution is 2.42. The summed E-state index contributed by atoms with van der Waals surface area (Å²) in [6.07, 6.45) is 0.961. The molecule has 1 heterocycles. The van der Waals surface area contributed by atoms with Crippen molar-refractivity contribution in [3.8, 4) is 0 Å². The van der Waals surface area contributed by atoms with Crippen LogP contribution in [0.3, 0.4) is 0 Å². The van der Waals surface area contributed by atoms with Gasteiger partial charge in [-0.2, -0.15) is 0 Å². The van der Waals surface area contributed by atoms with E-state index in [1.807, 2.05) is 18.2 Å². The van der Waals surface area contributed by atoms with Crippen molar-refractivity contribution >= 4 is 23.2 Å². The summed E-state index contributed by atoms with van der Waals surface area (Å²) in [5, 5.41) is 4.71. The molecule has 0 amide bonds. The molecular formula is C18H20Cl2N2. The fourth-order valence-electron chi connectivity index (χ4n) is 3.48. The van der Waals surface area contributed by atoms with Crippen molar-refractivity contribution in [1.29, 1.82) is 0 Å². The number of nitrogens with one attached hydrogen (secondary N) is 1. The summed E-state index contributed by atoms with van der Waals surface area (Å²) >= 11 is 12.3. The van der Waals surface area contributed by atoms with Crippen LogP contribution in [0.2, 0.25) is 10.0 Å². The third kappa shape index (κ3) is 3.02. The topological polar surface area (TPSA) is 38.0 Å². The van der Waals surface area contributed by atoms with Crippen LogP contribution in [-0.2, 0) is 6.42 Å². The highest BCUT2D eigenvalue weighted by Gasteiger charge is 2.42. The molecule has 0 spiro atoms. The zero-order chi connectivity index (χ0) is 15.6. The van der Waals surface area contributed by atoms with Gasteiger partial charge in [-0.25, -0.2) is 0 Å². The van der Waals surface area contributed by atoms with Crippen LogP contribution in [0.4, 0.5) is 0 Å². The van der Waals surface area contributed by atoms with Gasteiger partial charge in [0.25, 0.3) is 0 Å². The molecule has 0 saturated carbocycles. The molecule has 0 aromatic heterocycles. The number of halogens is 2. The molecule has 1 aliphatic heterocycles. The Morgan fingerprint density at radius 1 is 1.09 bits per heavy atom. The van der Waals surface area contributed by atoms with E-state index in [2.05, 4.69) is 35.6 Å². The minimum atomic E-state index is 0.0124. The molecule has 0 bridgehead atoms. The van der Waals surface area contributed by atoms with Gasteiger partial charge in [0.1, 0.15) is 0 Å². The minimum Gasteiger partial charge on any atom is -0.330 e. The van der Waals surface area contributed by atoms with Crippen LogP contribution in [0.25, 0.3) is 0 Å². The lowest BCUT2D eigenvalue weighted by molar-refractivity contribution is 0.293. The van der Waals surface area contributed by atoms with Crippen LogP contribution in [0.1, 0.15) is 17.0 Å². The predicted molar refractivity (Wildman–Crippen MR) is 93.7 cm³/mol. The molecule has 2 aromatic carbocycles. The van der Waals surface area contributed by atoms with E-state index in [1.165, 1.54) is 11.1 Å². The number of hydrogen-bond donors (Lipinski definition) is 2. The first-order valence-electron chi connectivity index (χ1n) is 7.54. The van der Waals surface area contributed by atoms with Crippen molar-refractivity contribution in [2.45, 2.75) is 12.3 Å². The molecule has 1 saturated heterocycles. The lowest BCUT2D eigenvalue weighted by atomic mass is 9.70. The van der Waals surface area contributed by atoms with Crippen molar-refractivity contribution in [3.05, 3.63) is 69.7 Å². The smallest absolute Gasteiger partial charge is 0.0595 e. The minimum absolute atomic E-state index is 0.0124. The van der Waals surface area contributed by atoms with E-state index in [9.17, 15) is 0 Å². The third-order valence-electron chi connectivity index (χ3n) is 4.72. The normalized spacial score (nSPS) is 24.6. The molecule has 2 nitrogen and oxygen atoms in total. The van der Waals surface area contributed by atoms with Gasteiger partial charge in [-0.3, -0.25) is 0 Å². The lowest BCUT2D eigenvalue weighted by Gasteiger charge is -2.34. The zero-order valence-electron chi connectivity index (χ0n) is 12.4. The Morgan fingerprint density at radius 3 is 2.55 bits per heavy atom. The Balaban J connectivity index is 1.93. The highest BCUT2D eigenvalue weighted by atomic mass is 35.5. The van der Waals surface area contributed by atoms with E-state index in [0.29, 0.717) is 22.5 Å². The van der Waals surface area contributed by atoms with Crippen LogP contribution in [0, 0.1) is 5.41 Å². The summed E-state index contributed by atoms with van der Waals surface area (Å²) in [7, 11) is 0. The summed E-state index contributed by atoms with van der Waals surface area (Å²) in [5.41, 5.74) is 8.76. The second kappa shape index (κ2) is 6.59. The fraction of sp³-hybridized carbons (Fsp3) is 0.333. The van der Waals surface area contributed by atoms with Gasteiger partial charge in [0.05, 0.1) is 10.0 Å². The molecule has 2 atom stereocenters. The Hall–Kier alpha value is -1.06. The van der Waals surface area contributed by atoms with Crippen molar-refractivity contribution in [2.24, 2.45) is 11.1 Å². The monoisotopic (exact) mass is 334 g/mol. The molecule has 3 rings (SSSR count). The summed E-state index contributed by atoms with van der Waals surface area (Å²) < 4.78 is 0. The van der Waals surface area contributed by atoms with Crippen LogP contribution in [0.15, 0.2) is 48.5 Å². The van der Waals surface area contributed by atoms with Gasteiger partial charge in [-0.05, 0) is 29.7 Å². The van der Waals surface area contributed by atoms with E-state index in [1.54, 1.807) is 0 Å². The van der Waals surface area contributed by atoms with Crippen molar-refractivity contribution < 1.29 is 0 Å². The highest BCUT2D eigenvalue weighted by molar-refractivity contribution is 6.42. The summed E-state index contributed by atoms with van der Waals surface area (Å²) in [5.74, 6) is 0.340. The van der Waals surface area contributed by atoms with E-state index in [0.717, 1.165) is 19.5 Å². The molecule has 4 heteroatoms. The van der Waals surface area contributed by atoms with E-state index < -0.39 is 0 Å². The van der Waals surface area contributed by atoms with Crippen LogP contribution >= 0.6 is 23.2 Å². The maximum Gasteiger partial charge on any atom is 0.0595 e. The van der Waals surface area contributed by atoms with Gasteiger partial charge < -0.3 is 11.1 Å². The van der Waals surface area contributed by atoms with Crippen molar-refractivity contribution in [2.75, 3.05) is 19.6 Å². The number of rotatable bonds is 4. The molecule has 1 aliphatic rings. The van der Waals surface area contributed by atoms with Crippen LogP contribution in [0.5, 0.6) is 0 Å². The molecule has 116 valence electrons. The Bertz CT molecular complexity index is 645. The first kappa shape index (κ1) is 15.8. The zero-order valence-corrected chi connectivity index (χ0v) is 13.9. The largest absolute Gasteiger partial charge is 0.330 e. The second-order valence-electron chi connectivity index (χ2n) is 6.09. The van der Waals surface area contributed by atoms with Gasteiger partial charge in [0, 0.05) is 31.0 Å². The second-order valence-corrected chi connectivity index (χ2v) is 6.90. The quantitative estimate of drug-likeness (QED) is 0.890. The Kier molecular flexibility index (Phi) is 4.74. The van der Waals surface area contributed by atoms with Gasteiger partial charge >= 0.3 is 0 Å². The van der Waals surface area contributed by atoms with Crippen molar-refractivity contribution in [1.82, 2.24) is 5.32 Å². The molecule has 0 radical (unpaired) electrons. The fourth-order valence-corrected chi connectivity index (χ4v) is 3.79. The maximum atomic E-state index is 6.21. The van der Waals surface area contributed by atoms with Crippen molar-refractivity contribution in [3.63, 3.8) is 0 Å². The maximum absolute atomic E-state index is 6.21. The molecule has 0 unspecified atom stereocenters. The average molecular weight is 335 g/mol. The first-order chi connectivity index (χ1) is 10.6. The standard InChI is InChI=1S/C18H20Cl2N2/c19-16-7-6-14(8-17(16)20)15-10-22-12-18(15,11-21)9-13-4-2-1-3-5-13/h1-8,15,22H,9-12,21H2/t15-,18-/m1/s1. The number of benzene rings is 2. The van der Waals surface area contributed by atoms with Gasteiger partial charge in [0.2, 0.25) is 0 Å². The van der Waals surface area contributed by atoms with Crippen LogP contribution < -0.4 is 11.1 Å². The van der Waals surface area contributed by atoms with E-state index in [-0.39, 0.29) is 5.41 Å². The molecule has 3 N–H and O–H groups in total. The van der Waals surface area contributed by atoms with Gasteiger partial charge in [-0.15, -0.1) is 0 Å². The summed E-state index contributed by atoms with van der Waals surface area (Å²) in [4.78, 5) is 0. The predicted octanol–water partition coefficient (Wildman–Crippen LogP) is 3.87. The number of hydrogen-bond acceptors (Lipinski definition) is 2. The average Bonchev–Trinajstić information content (AvgIpc) is 2.95. The molecular weight excluding hydrogens is 315 g/mol. The summed E-state index contributed by atoms with van der Waals surface area (Å²) in [6, 6.07) is 16.5. The molecule has 22 heavy (non-hydrogen) atoms. The summed E-state index contributed by atoms with van der Waals surface area (Å²) in [6.45, 7) is 2.48. The van der Waals surface area contributed by atoms with Gasteiger partial charge in [0.15, 0.2) is 0 Å². The van der Waals surface area contributed by atoms with Crippen LogP contribution in [-0.4, -0.2) is 19.6 Å². The number of nitrogens with two attached hydrogens (primary N) is 1. The molecule has 2 aromatic rings. The van der Waals surface area contributed by atoms with E-state index >= 15 is 0 Å². The SMILES string of the molecule is NC[C@]1(Cc2ccccc2)CNC[C@@H]1c1ccc(Cl)c(Cl)c1. The van der Waals surface area contributed by atoms with Gasteiger partial charge in [-0.1, -0.05) is 59.6 Å².